The summed E-state index contributed by atoms with van der Waals surface area (Å²) in [5.74, 6) is 1.31. The normalized spacial score (nSPS) is 19.1. The number of ether oxygens (including phenoxy) is 2. The molecule has 0 saturated carbocycles. The molecular weight excluding hydrogens is 358 g/mol. The lowest BCUT2D eigenvalue weighted by Gasteiger charge is -2.29. The Bertz CT molecular complexity index is 907. The third-order valence-corrected chi connectivity index (χ3v) is 5.29. The van der Waals surface area contributed by atoms with Gasteiger partial charge in [0.2, 0.25) is 21.8 Å². The van der Waals surface area contributed by atoms with E-state index in [4.69, 9.17) is 13.9 Å². The molecule has 0 aliphatic carbocycles. The maximum absolute atomic E-state index is 11.7. The van der Waals surface area contributed by atoms with Gasteiger partial charge in [0.25, 0.3) is 0 Å². The standard InChI is InChI=1S/C17H21N3O5S/c1-12-4-6-14(23-2)13(10-12)5-7-16-18-19-17(25-16)15-11-20(8-9-24-15)26(3,21)22/h4-7,10,15H,8-9,11H2,1-3H3/b7-5+. The molecule has 1 saturated heterocycles. The number of benzene rings is 1. The molecule has 0 spiro atoms. The molecule has 0 radical (unpaired) electrons. The van der Waals surface area contributed by atoms with Crippen LogP contribution in [-0.4, -0.2) is 56.0 Å². The topological polar surface area (TPSA) is 94.8 Å². The number of aromatic nitrogens is 2. The van der Waals surface area contributed by atoms with E-state index in [0.29, 0.717) is 12.4 Å². The van der Waals surface area contributed by atoms with E-state index in [1.807, 2.05) is 31.2 Å². The van der Waals surface area contributed by atoms with E-state index in [1.165, 1.54) is 10.6 Å². The summed E-state index contributed by atoms with van der Waals surface area (Å²) in [6.45, 7) is 2.76. The van der Waals surface area contributed by atoms with Gasteiger partial charge >= 0.3 is 0 Å². The number of methoxy groups -OCH3 is 1. The summed E-state index contributed by atoms with van der Waals surface area (Å²) in [5, 5.41) is 7.96. The van der Waals surface area contributed by atoms with E-state index in [1.54, 1.807) is 13.2 Å². The Morgan fingerprint density at radius 2 is 2.12 bits per heavy atom. The molecule has 8 nitrogen and oxygen atoms in total. The summed E-state index contributed by atoms with van der Waals surface area (Å²) in [6.07, 6.45) is 4.12. The van der Waals surface area contributed by atoms with Crippen LogP contribution in [0.3, 0.4) is 0 Å². The first-order valence-electron chi connectivity index (χ1n) is 8.09. The first-order valence-corrected chi connectivity index (χ1v) is 9.94. The van der Waals surface area contributed by atoms with Crippen LogP contribution in [0.15, 0.2) is 22.6 Å². The lowest BCUT2D eigenvalue weighted by Crippen LogP contribution is -2.41. The number of morpholine rings is 1. The SMILES string of the molecule is COc1ccc(C)cc1/C=C/c1nnc(C2CN(S(C)(=O)=O)CCO2)o1. The van der Waals surface area contributed by atoms with Crippen molar-refractivity contribution in [3.05, 3.63) is 41.1 Å². The van der Waals surface area contributed by atoms with Crippen LogP contribution in [0.4, 0.5) is 0 Å². The fourth-order valence-electron chi connectivity index (χ4n) is 2.67. The van der Waals surface area contributed by atoms with Gasteiger partial charge in [-0.25, -0.2) is 8.42 Å². The van der Waals surface area contributed by atoms with Crippen LogP contribution in [0.2, 0.25) is 0 Å². The number of hydrogen-bond donors (Lipinski definition) is 0. The summed E-state index contributed by atoms with van der Waals surface area (Å²) >= 11 is 0. The van der Waals surface area contributed by atoms with E-state index in [2.05, 4.69) is 10.2 Å². The maximum Gasteiger partial charge on any atom is 0.246 e. The van der Waals surface area contributed by atoms with Crippen molar-refractivity contribution in [1.29, 1.82) is 0 Å². The highest BCUT2D eigenvalue weighted by Gasteiger charge is 2.30. The molecule has 3 rings (SSSR count). The predicted octanol–water partition coefficient (Wildman–Crippen LogP) is 1.89. The molecule has 1 fully saturated rings. The quantitative estimate of drug-likeness (QED) is 0.783. The van der Waals surface area contributed by atoms with Gasteiger partial charge in [-0.3, -0.25) is 0 Å². The number of sulfonamides is 1. The molecule has 1 aliphatic rings. The second-order valence-corrected chi connectivity index (χ2v) is 8.02. The highest BCUT2D eigenvalue weighted by molar-refractivity contribution is 7.88. The van der Waals surface area contributed by atoms with E-state index < -0.39 is 16.1 Å². The van der Waals surface area contributed by atoms with E-state index >= 15 is 0 Å². The molecule has 26 heavy (non-hydrogen) atoms. The van der Waals surface area contributed by atoms with Gasteiger partial charge in [-0.1, -0.05) is 11.6 Å². The second-order valence-electron chi connectivity index (χ2n) is 6.04. The minimum atomic E-state index is -3.28. The number of nitrogens with zero attached hydrogens (tertiary/aromatic N) is 3. The first-order chi connectivity index (χ1) is 12.4. The highest BCUT2D eigenvalue weighted by atomic mass is 32.2. The molecule has 1 aromatic heterocycles. The van der Waals surface area contributed by atoms with Crippen molar-refractivity contribution in [2.75, 3.05) is 33.1 Å². The average molecular weight is 379 g/mol. The molecule has 1 atom stereocenters. The molecule has 1 aliphatic heterocycles. The largest absolute Gasteiger partial charge is 0.496 e. The zero-order chi connectivity index (χ0) is 18.7. The predicted molar refractivity (Wildman–Crippen MR) is 96.1 cm³/mol. The van der Waals surface area contributed by atoms with Crippen LogP contribution in [0.5, 0.6) is 5.75 Å². The van der Waals surface area contributed by atoms with Gasteiger partial charge in [0.1, 0.15) is 11.9 Å². The van der Waals surface area contributed by atoms with Gasteiger partial charge in [-0.15, -0.1) is 10.2 Å². The zero-order valence-electron chi connectivity index (χ0n) is 14.9. The molecular formula is C17H21N3O5S. The van der Waals surface area contributed by atoms with Crippen molar-refractivity contribution in [2.24, 2.45) is 0 Å². The molecule has 2 heterocycles. The summed E-state index contributed by atoms with van der Waals surface area (Å²) in [6, 6.07) is 5.85. The Morgan fingerprint density at radius 3 is 2.85 bits per heavy atom. The average Bonchev–Trinajstić information content (AvgIpc) is 3.08. The lowest BCUT2D eigenvalue weighted by molar-refractivity contribution is -0.0172. The summed E-state index contributed by atoms with van der Waals surface area (Å²) in [4.78, 5) is 0. The second kappa shape index (κ2) is 7.56. The number of rotatable bonds is 5. The minimum Gasteiger partial charge on any atom is -0.496 e. The van der Waals surface area contributed by atoms with Crippen LogP contribution < -0.4 is 4.74 Å². The van der Waals surface area contributed by atoms with Crippen LogP contribution >= 0.6 is 0 Å². The van der Waals surface area contributed by atoms with Crippen molar-refractivity contribution in [1.82, 2.24) is 14.5 Å². The van der Waals surface area contributed by atoms with Gasteiger partial charge in [0, 0.05) is 24.7 Å². The first kappa shape index (κ1) is 18.6. The Kier molecular flexibility index (Phi) is 5.40. The van der Waals surface area contributed by atoms with Crippen molar-refractivity contribution in [2.45, 2.75) is 13.0 Å². The number of aryl methyl sites for hydroxylation is 1. The van der Waals surface area contributed by atoms with Crippen molar-refractivity contribution < 1.29 is 22.3 Å². The van der Waals surface area contributed by atoms with Crippen LogP contribution in [-0.2, 0) is 14.8 Å². The Hall–Kier alpha value is -2.23. The number of hydrogen-bond acceptors (Lipinski definition) is 7. The van der Waals surface area contributed by atoms with Crippen LogP contribution in [0.1, 0.15) is 29.0 Å². The fraction of sp³-hybridized carbons (Fsp3) is 0.412. The summed E-state index contributed by atoms with van der Waals surface area (Å²) in [5.41, 5.74) is 2.00. The van der Waals surface area contributed by atoms with Gasteiger partial charge < -0.3 is 13.9 Å². The van der Waals surface area contributed by atoms with Crippen LogP contribution in [0.25, 0.3) is 12.2 Å². The maximum atomic E-state index is 11.7. The molecule has 0 N–H and O–H groups in total. The molecule has 0 amide bonds. The zero-order valence-corrected chi connectivity index (χ0v) is 15.7. The summed E-state index contributed by atoms with van der Waals surface area (Å²) < 4.78 is 41.3. The van der Waals surface area contributed by atoms with Gasteiger partial charge in [-0.05, 0) is 25.1 Å². The Labute approximate surface area is 152 Å². The Balaban J connectivity index is 1.75. The van der Waals surface area contributed by atoms with Crippen LogP contribution in [0, 0.1) is 6.92 Å². The molecule has 9 heteroatoms. The van der Waals surface area contributed by atoms with Crippen molar-refractivity contribution in [3.8, 4) is 5.75 Å². The third kappa shape index (κ3) is 4.29. The molecule has 1 unspecified atom stereocenters. The molecule has 1 aromatic carbocycles. The monoisotopic (exact) mass is 379 g/mol. The summed E-state index contributed by atoms with van der Waals surface area (Å²) in [7, 11) is -1.67. The van der Waals surface area contributed by atoms with Crippen molar-refractivity contribution in [3.63, 3.8) is 0 Å². The van der Waals surface area contributed by atoms with E-state index in [9.17, 15) is 8.42 Å². The van der Waals surface area contributed by atoms with E-state index in [0.717, 1.165) is 16.9 Å². The smallest absolute Gasteiger partial charge is 0.246 e. The van der Waals surface area contributed by atoms with Crippen molar-refractivity contribution >= 4 is 22.2 Å². The molecule has 0 bridgehead atoms. The lowest BCUT2D eigenvalue weighted by atomic mass is 10.1. The van der Waals surface area contributed by atoms with Gasteiger partial charge in [0.15, 0.2) is 0 Å². The molecule has 140 valence electrons. The van der Waals surface area contributed by atoms with E-state index in [-0.39, 0.29) is 19.0 Å². The van der Waals surface area contributed by atoms with Gasteiger partial charge in [0.05, 0.1) is 20.0 Å². The minimum absolute atomic E-state index is 0.163. The fourth-order valence-corrected chi connectivity index (χ4v) is 3.48. The Morgan fingerprint density at radius 1 is 1.31 bits per heavy atom. The highest BCUT2D eigenvalue weighted by Crippen LogP contribution is 2.24. The third-order valence-electron chi connectivity index (χ3n) is 4.02. The molecule has 2 aromatic rings. The van der Waals surface area contributed by atoms with Gasteiger partial charge in [-0.2, -0.15) is 4.31 Å².